The SMILES string of the molecule is Cc1cccc(NCCn2cccn2)n1. The Labute approximate surface area is 89.0 Å². The van der Waals surface area contributed by atoms with Crippen LogP contribution in [0.3, 0.4) is 0 Å². The van der Waals surface area contributed by atoms with Gasteiger partial charge in [-0.1, -0.05) is 6.07 Å². The molecule has 0 radical (unpaired) electrons. The highest BCUT2D eigenvalue weighted by molar-refractivity contribution is 5.34. The molecule has 2 rings (SSSR count). The molecule has 1 N–H and O–H groups in total. The lowest BCUT2D eigenvalue weighted by atomic mass is 10.4. The fourth-order valence-electron chi connectivity index (χ4n) is 1.37. The van der Waals surface area contributed by atoms with Gasteiger partial charge in [-0.05, 0) is 25.1 Å². The second-order valence-electron chi connectivity index (χ2n) is 3.36. The monoisotopic (exact) mass is 202 g/mol. The van der Waals surface area contributed by atoms with Crippen molar-refractivity contribution < 1.29 is 0 Å². The van der Waals surface area contributed by atoms with E-state index in [2.05, 4.69) is 15.4 Å². The molecule has 0 fully saturated rings. The van der Waals surface area contributed by atoms with Gasteiger partial charge in [0.2, 0.25) is 0 Å². The van der Waals surface area contributed by atoms with Gasteiger partial charge in [-0.25, -0.2) is 4.98 Å². The van der Waals surface area contributed by atoms with Crippen LogP contribution in [0.2, 0.25) is 0 Å². The predicted octanol–water partition coefficient (Wildman–Crippen LogP) is 1.70. The number of hydrogen-bond donors (Lipinski definition) is 1. The highest BCUT2D eigenvalue weighted by Crippen LogP contribution is 2.02. The minimum atomic E-state index is 0.831. The number of nitrogens with zero attached hydrogens (tertiary/aromatic N) is 3. The van der Waals surface area contributed by atoms with E-state index in [0.717, 1.165) is 24.6 Å². The molecular formula is C11H14N4. The molecule has 0 bridgehead atoms. The number of nitrogens with one attached hydrogen (secondary N) is 1. The maximum Gasteiger partial charge on any atom is 0.126 e. The van der Waals surface area contributed by atoms with Crippen LogP contribution in [0.5, 0.6) is 0 Å². The van der Waals surface area contributed by atoms with E-state index in [4.69, 9.17) is 0 Å². The van der Waals surface area contributed by atoms with Crippen LogP contribution in [0.15, 0.2) is 36.7 Å². The zero-order valence-electron chi connectivity index (χ0n) is 8.72. The largest absolute Gasteiger partial charge is 0.368 e. The number of aryl methyl sites for hydroxylation is 1. The van der Waals surface area contributed by atoms with Crippen molar-refractivity contribution in [1.82, 2.24) is 14.8 Å². The van der Waals surface area contributed by atoms with E-state index in [-0.39, 0.29) is 0 Å². The third-order valence-electron chi connectivity index (χ3n) is 2.09. The summed E-state index contributed by atoms with van der Waals surface area (Å²) < 4.78 is 1.89. The normalized spacial score (nSPS) is 10.2. The minimum absolute atomic E-state index is 0.831. The van der Waals surface area contributed by atoms with Crippen molar-refractivity contribution in [1.29, 1.82) is 0 Å². The summed E-state index contributed by atoms with van der Waals surface area (Å²) in [6.45, 7) is 3.67. The van der Waals surface area contributed by atoms with Crippen molar-refractivity contribution in [3.8, 4) is 0 Å². The van der Waals surface area contributed by atoms with Gasteiger partial charge in [0.25, 0.3) is 0 Å². The second kappa shape index (κ2) is 4.59. The maximum absolute atomic E-state index is 4.35. The van der Waals surface area contributed by atoms with Crippen LogP contribution in [-0.4, -0.2) is 21.3 Å². The lowest BCUT2D eigenvalue weighted by Crippen LogP contribution is -2.11. The molecule has 0 aliphatic rings. The van der Waals surface area contributed by atoms with Gasteiger partial charge >= 0.3 is 0 Å². The van der Waals surface area contributed by atoms with Crippen molar-refractivity contribution in [3.05, 3.63) is 42.4 Å². The van der Waals surface area contributed by atoms with Crippen molar-refractivity contribution >= 4 is 5.82 Å². The molecule has 4 heteroatoms. The Balaban J connectivity index is 1.83. The molecule has 0 aromatic carbocycles. The Hall–Kier alpha value is -1.84. The second-order valence-corrected chi connectivity index (χ2v) is 3.36. The van der Waals surface area contributed by atoms with E-state index in [1.807, 2.05) is 42.1 Å². The van der Waals surface area contributed by atoms with Crippen molar-refractivity contribution in [2.45, 2.75) is 13.5 Å². The molecule has 4 nitrogen and oxygen atoms in total. The number of anilines is 1. The Morgan fingerprint density at radius 1 is 1.33 bits per heavy atom. The van der Waals surface area contributed by atoms with Crippen molar-refractivity contribution in [2.24, 2.45) is 0 Å². The van der Waals surface area contributed by atoms with Gasteiger partial charge in [-0.2, -0.15) is 5.10 Å². The smallest absolute Gasteiger partial charge is 0.126 e. The Morgan fingerprint density at radius 3 is 3.00 bits per heavy atom. The fraction of sp³-hybridized carbons (Fsp3) is 0.273. The summed E-state index contributed by atoms with van der Waals surface area (Å²) in [6, 6.07) is 7.87. The Kier molecular flexibility index (Phi) is 2.97. The van der Waals surface area contributed by atoms with Gasteiger partial charge in [-0.3, -0.25) is 4.68 Å². The van der Waals surface area contributed by atoms with Crippen LogP contribution in [0, 0.1) is 6.92 Å². The third-order valence-corrected chi connectivity index (χ3v) is 2.09. The van der Waals surface area contributed by atoms with Gasteiger partial charge in [0.15, 0.2) is 0 Å². The summed E-state index contributed by atoms with van der Waals surface area (Å²) in [5.41, 5.74) is 1.03. The fourth-order valence-corrected chi connectivity index (χ4v) is 1.37. The molecule has 0 aliphatic carbocycles. The van der Waals surface area contributed by atoms with E-state index in [1.54, 1.807) is 6.20 Å². The summed E-state index contributed by atoms with van der Waals surface area (Å²) >= 11 is 0. The molecule has 0 aliphatic heterocycles. The van der Waals surface area contributed by atoms with E-state index in [1.165, 1.54) is 0 Å². The quantitative estimate of drug-likeness (QED) is 0.820. The van der Waals surface area contributed by atoms with Crippen LogP contribution in [0.1, 0.15) is 5.69 Å². The summed E-state index contributed by atoms with van der Waals surface area (Å²) in [6.07, 6.45) is 3.73. The molecule has 0 saturated carbocycles. The van der Waals surface area contributed by atoms with Gasteiger partial charge in [0.05, 0.1) is 6.54 Å². The van der Waals surface area contributed by atoms with Crippen LogP contribution < -0.4 is 5.32 Å². The van der Waals surface area contributed by atoms with E-state index < -0.39 is 0 Å². The Morgan fingerprint density at radius 2 is 2.27 bits per heavy atom. The molecular weight excluding hydrogens is 188 g/mol. The number of aromatic nitrogens is 3. The van der Waals surface area contributed by atoms with Crippen LogP contribution >= 0.6 is 0 Å². The highest BCUT2D eigenvalue weighted by Gasteiger charge is 1.94. The van der Waals surface area contributed by atoms with Crippen molar-refractivity contribution in [2.75, 3.05) is 11.9 Å². The topological polar surface area (TPSA) is 42.7 Å². The molecule has 15 heavy (non-hydrogen) atoms. The van der Waals surface area contributed by atoms with Crippen molar-refractivity contribution in [3.63, 3.8) is 0 Å². The molecule has 0 atom stereocenters. The first-order valence-electron chi connectivity index (χ1n) is 4.99. The zero-order valence-corrected chi connectivity index (χ0v) is 8.72. The number of hydrogen-bond acceptors (Lipinski definition) is 3. The average Bonchev–Trinajstić information content (AvgIpc) is 2.71. The number of rotatable bonds is 4. The zero-order chi connectivity index (χ0) is 10.5. The molecule has 2 aromatic heterocycles. The highest BCUT2D eigenvalue weighted by atomic mass is 15.3. The third kappa shape index (κ3) is 2.80. The van der Waals surface area contributed by atoms with Gasteiger partial charge in [0.1, 0.15) is 5.82 Å². The van der Waals surface area contributed by atoms with E-state index >= 15 is 0 Å². The lowest BCUT2D eigenvalue weighted by Gasteiger charge is -2.05. The molecule has 0 saturated heterocycles. The summed E-state index contributed by atoms with van der Waals surface area (Å²) in [7, 11) is 0. The summed E-state index contributed by atoms with van der Waals surface area (Å²) in [5, 5.41) is 7.37. The predicted molar refractivity (Wildman–Crippen MR) is 59.7 cm³/mol. The van der Waals surface area contributed by atoms with E-state index in [0.29, 0.717) is 0 Å². The van der Waals surface area contributed by atoms with Gasteiger partial charge < -0.3 is 5.32 Å². The summed E-state index contributed by atoms with van der Waals surface area (Å²) in [4.78, 5) is 4.35. The lowest BCUT2D eigenvalue weighted by molar-refractivity contribution is 0.637. The van der Waals surface area contributed by atoms with Crippen LogP contribution in [-0.2, 0) is 6.54 Å². The molecule has 0 unspecified atom stereocenters. The first-order chi connectivity index (χ1) is 7.34. The first kappa shape index (κ1) is 9.71. The summed E-state index contributed by atoms with van der Waals surface area (Å²) in [5.74, 6) is 0.919. The van der Waals surface area contributed by atoms with Gasteiger partial charge in [-0.15, -0.1) is 0 Å². The molecule has 78 valence electrons. The standard InChI is InChI=1S/C11H14N4/c1-10-4-2-5-11(14-10)12-7-9-15-8-3-6-13-15/h2-6,8H,7,9H2,1H3,(H,12,14). The molecule has 2 heterocycles. The minimum Gasteiger partial charge on any atom is -0.368 e. The van der Waals surface area contributed by atoms with E-state index in [9.17, 15) is 0 Å². The first-order valence-corrected chi connectivity index (χ1v) is 4.99. The molecule has 0 spiro atoms. The van der Waals surface area contributed by atoms with Crippen LogP contribution in [0.25, 0.3) is 0 Å². The number of pyridine rings is 1. The average molecular weight is 202 g/mol. The Bertz CT molecular complexity index is 408. The van der Waals surface area contributed by atoms with Crippen LogP contribution in [0.4, 0.5) is 5.82 Å². The van der Waals surface area contributed by atoms with Gasteiger partial charge in [0, 0.05) is 24.6 Å². The molecule has 2 aromatic rings. The molecule has 0 amide bonds. The maximum atomic E-state index is 4.35.